The van der Waals surface area contributed by atoms with Gasteiger partial charge >= 0.3 is 0 Å². The average molecular weight is 301 g/mol. The minimum atomic E-state index is 0.414. The lowest BCUT2D eigenvalue weighted by Crippen LogP contribution is -2.23. The number of halogens is 1. The van der Waals surface area contributed by atoms with Crippen molar-refractivity contribution in [1.29, 1.82) is 5.26 Å². The van der Waals surface area contributed by atoms with Gasteiger partial charge in [-0.2, -0.15) is 5.26 Å². The Balaban J connectivity index is 0.00000106. The second-order valence-corrected chi connectivity index (χ2v) is 4.85. The number of nitrogens with zero attached hydrogens (tertiary/aromatic N) is 2. The van der Waals surface area contributed by atoms with Crippen molar-refractivity contribution >= 4 is 11.6 Å². The van der Waals surface area contributed by atoms with Crippen LogP contribution in [-0.2, 0) is 13.1 Å². The van der Waals surface area contributed by atoms with Crippen LogP contribution in [0.2, 0.25) is 5.02 Å². The molecule has 3 heteroatoms. The molecule has 0 saturated carbocycles. The standard InChI is InChI=1S/C16H15ClN2.C2H6/c17-16-8-6-15(7-9-16)13-19(11-10-18)12-14-4-2-1-3-5-14;1-2/h1-9H,11-13H2;1-2H3. The van der Waals surface area contributed by atoms with E-state index >= 15 is 0 Å². The number of hydrogen-bond donors (Lipinski definition) is 0. The molecule has 2 nitrogen and oxygen atoms in total. The van der Waals surface area contributed by atoms with Gasteiger partial charge in [0.25, 0.3) is 0 Å². The van der Waals surface area contributed by atoms with Crippen LogP contribution in [0.1, 0.15) is 25.0 Å². The van der Waals surface area contributed by atoms with E-state index < -0.39 is 0 Å². The van der Waals surface area contributed by atoms with E-state index in [1.807, 2.05) is 56.3 Å². The first-order valence-electron chi connectivity index (χ1n) is 7.15. The van der Waals surface area contributed by atoms with E-state index in [4.69, 9.17) is 16.9 Å². The highest BCUT2D eigenvalue weighted by Gasteiger charge is 2.06. The third-order valence-electron chi connectivity index (χ3n) is 2.86. The van der Waals surface area contributed by atoms with Gasteiger partial charge in [0.15, 0.2) is 0 Å². The highest BCUT2D eigenvalue weighted by molar-refractivity contribution is 6.30. The summed E-state index contributed by atoms with van der Waals surface area (Å²) in [6, 6.07) is 20.2. The maximum atomic E-state index is 8.92. The summed E-state index contributed by atoms with van der Waals surface area (Å²) in [6.07, 6.45) is 0. The Labute approximate surface area is 132 Å². The van der Waals surface area contributed by atoms with Crippen LogP contribution in [0.3, 0.4) is 0 Å². The van der Waals surface area contributed by atoms with Gasteiger partial charge in [0.2, 0.25) is 0 Å². The van der Waals surface area contributed by atoms with E-state index in [1.54, 1.807) is 0 Å². The van der Waals surface area contributed by atoms with Crippen LogP contribution in [0.15, 0.2) is 54.6 Å². The molecule has 0 fully saturated rings. The minimum Gasteiger partial charge on any atom is -0.282 e. The van der Waals surface area contributed by atoms with Gasteiger partial charge in [0, 0.05) is 18.1 Å². The summed E-state index contributed by atoms with van der Waals surface area (Å²) in [5, 5.41) is 9.66. The number of rotatable bonds is 5. The summed E-state index contributed by atoms with van der Waals surface area (Å²) < 4.78 is 0. The molecule has 0 saturated heterocycles. The molecule has 110 valence electrons. The number of nitriles is 1. The molecule has 0 amide bonds. The molecule has 0 aliphatic carbocycles. The second-order valence-electron chi connectivity index (χ2n) is 4.42. The predicted octanol–water partition coefficient (Wildman–Crippen LogP) is 4.89. The zero-order valence-corrected chi connectivity index (χ0v) is 13.3. The Kier molecular flexibility index (Phi) is 8.19. The quantitative estimate of drug-likeness (QED) is 0.735. The van der Waals surface area contributed by atoms with Gasteiger partial charge in [-0.05, 0) is 23.3 Å². The Morgan fingerprint density at radius 2 is 1.43 bits per heavy atom. The molecule has 0 atom stereocenters. The number of benzene rings is 2. The molecule has 0 aliphatic rings. The van der Waals surface area contributed by atoms with Gasteiger partial charge in [0.05, 0.1) is 12.6 Å². The minimum absolute atomic E-state index is 0.414. The maximum Gasteiger partial charge on any atom is 0.0871 e. The zero-order valence-electron chi connectivity index (χ0n) is 12.6. The van der Waals surface area contributed by atoms with Crippen molar-refractivity contribution in [3.8, 4) is 6.07 Å². The van der Waals surface area contributed by atoms with Crippen molar-refractivity contribution in [2.45, 2.75) is 26.9 Å². The highest BCUT2D eigenvalue weighted by Crippen LogP contribution is 2.13. The molecular formula is C18H21ClN2. The monoisotopic (exact) mass is 300 g/mol. The first-order valence-corrected chi connectivity index (χ1v) is 7.53. The van der Waals surface area contributed by atoms with Crippen molar-refractivity contribution in [3.05, 3.63) is 70.7 Å². The van der Waals surface area contributed by atoms with Crippen molar-refractivity contribution in [2.75, 3.05) is 6.54 Å². The highest BCUT2D eigenvalue weighted by atomic mass is 35.5. The summed E-state index contributed by atoms with van der Waals surface area (Å²) in [6.45, 7) is 5.94. The fourth-order valence-corrected chi connectivity index (χ4v) is 2.08. The Hall–Kier alpha value is -1.82. The van der Waals surface area contributed by atoms with Crippen molar-refractivity contribution in [1.82, 2.24) is 4.90 Å². The summed E-state index contributed by atoms with van der Waals surface area (Å²) in [5.74, 6) is 0. The molecule has 21 heavy (non-hydrogen) atoms. The molecule has 0 bridgehead atoms. The van der Waals surface area contributed by atoms with Crippen LogP contribution in [0.5, 0.6) is 0 Å². The molecule has 0 heterocycles. The zero-order chi connectivity index (χ0) is 15.5. The molecule has 2 aromatic rings. The molecule has 0 spiro atoms. The van der Waals surface area contributed by atoms with E-state index in [2.05, 4.69) is 23.1 Å². The average Bonchev–Trinajstić information content (AvgIpc) is 2.53. The summed E-state index contributed by atoms with van der Waals surface area (Å²) >= 11 is 5.87. The molecule has 0 N–H and O–H groups in total. The lowest BCUT2D eigenvalue weighted by molar-refractivity contribution is 0.289. The van der Waals surface area contributed by atoms with Crippen LogP contribution in [0.4, 0.5) is 0 Å². The molecule has 2 aromatic carbocycles. The lowest BCUT2D eigenvalue weighted by Gasteiger charge is -2.19. The van der Waals surface area contributed by atoms with Gasteiger partial charge in [-0.15, -0.1) is 0 Å². The molecule has 0 aromatic heterocycles. The first kappa shape index (κ1) is 17.2. The van der Waals surface area contributed by atoms with Gasteiger partial charge < -0.3 is 0 Å². The van der Waals surface area contributed by atoms with Crippen molar-refractivity contribution in [2.24, 2.45) is 0 Å². The molecule has 0 aliphatic heterocycles. The van der Waals surface area contributed by atoms with Crippen molar-refractivity contribution in [3.63, 3.8) is 0 Å². The third kappa shape index (κ3) is 6.44. The largest absolute Gasteiger partial charge is 0.282 e. The summed E-state index contributed by atoms with van der Waals surface area (Å²) in [4.78, 5) is 2.11. The number of hydrogen-bond acceptors (Lipinski definition) is 2. The smallest absolute Gasteiger partial charge is 0.0871 e. The maximum absolute atomic E-state index is 8.92. The Bertz CT molecular complexity index is 544. The van der Waals surface area contributed by atoms with E-state index in [9.17, 15) is 0 Å². The summed E-state index contributed by atoms with van der Waals surface area (Å²) in [5.41, 5.74) is 2.38. The SMILES string of the molecule is CC.N#CCN(Cc1ccccc1)Cc1ccc(Cl)cc1. The molecule has 2 rings (SSSR count). The lowest BCUT2D eigenvalue weighted by atomic mass is 10.1. The summed E-state index contributed by atoms with van der Waals surface area (Å²) in [7, 11) is 0. The van der Waals surface area contributed by atoms with Crippen LogP contribution >= 0.6 is 11.6 Å². The van der Waals surface area contributed by atoms with E-state index in [1.165, 1.54) is 5.56 Å². The van der Waals surface area contributed by atoms with Gasteiger partial charge in [-0.3, -0.25) is 4.90 Å². The second kappa shape index (κ2) is 9.99. The predicted molar refractivity (Wildman–Crippen MR) is 89.0 cm³/mol. The molecular weight excluding hydrogens is 280 g/mol. The fourth-order valence-electron chi connectivity index (χ4n) is 1.96. The van der Waals surface area contributed by atoms with Crippen LogP contribution < -0.4 is 0 Å². The third-order valence-corrected chi connectivity index (χ3v) is 3.11. The van der Waals surface area contributed by atoms with Crippen LogP contribution in [0, 0.1) is 11.3 Å². The van der Waals surface area contributed by atoms with Crippen LogP contribution in [-0.4, -0.2) is 11.4 Å². The first-order chi connectivity index (χ1) is 10.3. The normalized spacial score (nSPS) is 9.67. The molecule has 0 radical (unpaired) electrons. The van der Waals surface area contributed by atoms with Gasteiger partial charge in [-0.1, -0.05) is 67.9 Å². The van der Waals surface area contributed by atoms with Crippen molar-refractivity contribution < 1.29 is 0 Å². The Morgan fingerprint density at radius 3 is 1.95 bits per heavy atom. The van der Waals surface area contributed by atoms with Gasteiger partial charge in [0.1, 0.15) is 0 Å². The van der Waals surface area contributed by atoms with Gasteiger partial charge in [-0.25, -0.2) is 0 Å². The van der Waals surface area contributed by atoms with E-state index in [-0.39, 0.29) is 0 Å². The Morgan fingerprint density at radius 1 is 0.905 bits per heavy atom. The van der Waals surface area contributed by atoms with Crippen LogP contribution in [0.25, 0.3) is 0 Å². The van der Waals surface area contributed by atoms with E-state index in [0.29, 0.717) is 6.54 Å². The topological polar surface area (TPSA) is 27.0 Å². The molecule has 0 unspecified atom stereocenters. The fraction of sp³-hybridized carbons (Fsp3) is 0.278. The van der Waals surface area contributed by atoms with E-state index in [0.717, 1.165) is 23.7 Å².